The predicted octanol–water partition coefficient (Wildman–Crippen LogP) is 4.79. The van der Waals surface area contributed by atoms with Gasteiger partial charge in [0.1, 0.15) is 0 Å². The first-order valence-electron chi connectivity index (χ1n) is 7.51. The summed E-state index contributed by atoms with van der Waals surface area (Å²) in [5, 5.41) is 10.8. The molecule has 0 saturated heterocycles. The second-order valence-electron chi connectivity index (χ2n) is 5.66. The van der Waals surface area contributed by atoms with Crippen LogP contribution in [0.5, 0.6) is 0 Å². The van der Waals surface area contributed by atoms with Crippen LogP contribution in [0.1, 0.15) is 24.5 Å². The lowest BCUT2D eigenvalue weighted by atomic mass is 9.92. The van der Waals surface area contributed by atoms with Crippen LogP contribution in [0.25, 0.3) is 0 Å². The van der Waals surface area contributed by atoms with Gasteiger partial charge in [0, 0.05) is 19.8 Å². The van der Waals surface area contributed by atoms with Gasteiger partial charge in [0.05, 0.1) is 16.4 Å². The average Bonchev–Trinajstić information content (AvgIpc) is 2.55. The van der Waals surface area contributed by atoms with Crippen LogP contribution in [-0.2, 0) is 17.2 Å². The molecule has 23 heavy (non-hydrogen) atoms. The van der Waals surface area contributed by atoms with Crippen LogP contribution in [0.15, 0.2) is 68.5 Å². The summed E-state index contributed by atoms with van der Waals surface area (Å²) in [6, 6.07) is 15.3. The van der Waals surface area contributed by atoms with Crippen LogP contribution in [0.4, 0.5) is 0 Å². The van der Waals surface area contributed by atoms with Crippen molar-refractivity contribution in [2.45, 2.75) is 42.1 Å². The molecule has 1 N–H and O–H groups in total. The van der Waals surface area contributed by atoms with Gasteiger partial charge in [-0.1, -0.05) is 49.4 Å². The monoisotopic (exact) mass is 440 g/mol. The number of aliphatic hydroxyl groups is 1. The third-order valence-electron chi connectivity index (χ3n) is 3.98. The molecule has 2 aromatic rings. The van der Waals surface area contributed by atoms with Crippen molar-refractivity contribution in [3.05, 3.63) is 69.8 Å². The molecule has 0 aromatic heterocycles. The summed E-state index contributed by atoms with van der Waals surface area (Å²) in [5.41, 5.74) is 1.06. The van der Waals surface area contributed by atoms with Crippen molar-refractivity contribution in [1.82, 2.24) is 0 Å². The number of hydrogen-bond donors (Lipinski definition) is 1. The highest BCUT2D eigenvalue weighted by atomic mass is 127. The summed E-state index contributed by atoms with van der Waals surface area (Å²) < 4.78 is 13.6. The maximum Gasteiger partial charge on any atom is 0.0984 e. The summed E-state index contributed by atoms with van der Waals surface area (Å²) in [6.45, 7) is 7.84. The van der Waals surface area contributed by atoms with E-state index in [2.05, 4.69) is 29.2 Å². The van der Waals surface area contributed by atoms with Gasteiger partial charge in [-0.3, -0.25) is 0 Å². The van der Waals surface area contributed by atoms with E-state index in [1.807, 2.05) is 62.4 Å². The molecule has 0 aliphatic heterocycles. The SMILES string of the molecule is C=C(I)[C@@](O)(CC)Cc1ccccc1[S@](=O)c1ccc(C)cc1. The lowest BCUT2D eigenvalue weighted by Gasteiger charge is -2.27. The van der Waals surface area contributed by atoms with E-state index in [9.17, 15) is 9.32 Å². The maximum atomic E-state index is 12.9. The highest BCUT2D eigenvalue weighted by Gasteiger charge is 2.29. The molecule has 0 fully saturated rings. The number of hydrogen-bond acceptors (Lipinski definition) is 2. The van der Waals surface area contributed by atoms with Gasteiger partial charge in [-0.15, -0.1) is 0 Å². The van der Waals surface area contributed by atoms with Crippen molar-refractivity contribution in [3.8, 4) is 0 Å². The zero-order chi connectivity index (χ0) is 17.0. The van der Waals surface area contributed by atoms with Crippen molar-refractivity contribution in [2.24, 2.45) is 0 Å². The number of halogens is 1. The second-order valence-corrected chi connectivity index (χ2v) is 8.41. The Labute approximate surface area is 154 Å². The van der Waals surface area contributed by atoms with Crippen molar-refractivity contribution < 1.29 is 9.32 Å². The Kier molecular flexibility index (Phi) is 6.17. The summed E-state index contributed by atoms with van der Waals surface area (Å²) in [7, 11) is -1.26. The molecular weight excluding hydrogens is 419 g/mol. The average molecular weight is 440 g/mol. The predicted molar refractivity (Wildman–Crippen MR) is 104 cm³/mol. The van der Waals surface area contributed by atoms with Crippen LogP contribution in [0.2, 0.25) is 0 Å². The Bertz CT molecular complexity index is 724. The zero-order valence-corrected chi connectivity index (χ0v) is 16.4. The highest BCUT2D eigenvalue weighted by molar-refractivity contribution is 14.1. The molecule has 2 atom stereocenters. The van der Waals surface area contributed by atoms with Crippen LogP contribution < -0.4 is 0 Å². The lowest BCUT2D eigenvalue weighted by Crippen LogP contribution is -2.31. The molecule has 0 saturated carbocycles. The van der Waals surface area contributed by atoms with E-state index in [0.717, 1.165) is 20.9 Å². The normalized spacial score (nSPS) is 15.0. The fourth-order valence-corrected chi connectivity index (χ4v) is 4.14. The number of aryl methyl sites for hydroxylation is 1. The smallest absolute Gasteiger partial charge is 0.0984 e. The molecule has 0 heterocycles. The molecule has 2 aromatic carbocycles. The van der Waals surface area contributed by atoms with E-state index in [-0.39, 0.29) is 0 Å². The van der Waals surface area contributed by atoms with E-state index >= 15 is 0 Å². The molecule has 0 spiro atoms. The Morgan fingerprint density at radius 1 is 1.22 bits per heavy atom. The standard InChI is InChI=1S/C19H21IO2S/c1-4-19(21,15(3)20)13-16-7-5-6-8-18(16)23(22)17-11-9-14(2)10-12-17/h5-12,21H,3-4,13H2,1-2H3/t19-,23-/m1/s1. The van der Waals surface area contributed by atoms with Gasteiger partial charge in [0.2, 0.25) is 0 Å². The topological polar surface area (TPSA) is 37.3 Å². The van der Waals surface area contributed by atoms with Crippen LogP contribution in [0.3, 0.4) is 0 Å². The van der Waals surface area contributed by atoms with Gasteiger partial charge >= 0.3 is 0 Å². The van der Waals surface area contributed by atoms with E-state index in [1.165, 1.54) is 0 Å². The first-order chi connectivity index (χ1) is 10.9. The summed E-state index contributed by atoms with van der Waals surface area (Å²) in [6.07, 6.45) is 0.985. The second kappa shape index (κ2) is 7.73. The quantitative estimate of drug-likeness (QED) is 0.656. The molecular formula is C19H21IO2S. The largest absolute Gasteiger partial charge is 0.384 e. The Morgan fingerprint density at radius 2 is 1.83 bits per heavy atom. The highest BCUT2D eigenvalue weighted by Crippen LogP contribution is 2.31. The van der Waals surface area contributed by atoms with Gasteiger partial charge in [-0.05, 0) is 59.7 Å². The lowest BCUT2D eigenvalue weighted by molar-refractivity contribution is 0.0850. The molecule has 0 radical (unpaired) electrons. The number of rotatable bonds is 6. The number of benzene rings is 2. The van der Waals surface area contributed by atoms with Crippen LogP contribution in [0, 0.1) is 6.92 Å². The molecule has 122 valence electrons. The van der Waals surface area contributed by atoms with Crippen LogP contribution >= 0.6 is 22.6 Å². The zero-order valence-electron chi connectivity index (χ0n) is 13.4. The van der Waals surface area contributed by atoms with Gasteiger partial charge in [-0.2, -0.15) is 0 Å². The first kappa shape index (κ1) is 18.4. The first-order valence-corrected chi connectivity index (χ1v) is 9.74. The molecule has 2 rings (SSSR count). The van der Waals surface area contributed by atoms with Crippen molar-refractivity contribution in [3.63, 3.8) is 0 Å². The van der Waals surface area contributed by atoms with Crippen LogP contribution in [-0.4, -0.2) is 14.9 Å². The fraction of sp³-hybridized carbons (Fsp3) is 0.263. The van der Waals surface area contributed by atoms with Gasteiger partial charge in [0.15, 0.2) is 0 Å². The van der Waals surface area contributed by atoms with E-state index in [4.69, 9.17) is 0 Å². The molecule has 4 heteroatoms. The Morgan fingerprint density at radius 3 is 2.39 bits per heavy atom. The molecule has 0 aliphatic rings. The molecule has 2 nitrogen and oxygen atoms in total. The Hall–Kier alpha value is -0.980. The summed E-state index contributed by atoms with van der Waals surface area (Å²) >= 11 is 2.07. The minimum Gasteiger partial charge on any atom is -0.384 e. The van der Waals surface area contributed by atoms with Crippen molar-refractivity contribution >= 4 is 33.4 Å². The summed E-state index contributed by atoms with van der Waals surface area (Å²) in [4.78, 5) is 1.53. The van der Waals surface area contributed by atoms with Crippen molar-refractivity contribution in [1.29, 1.82) is 0 Å². The van der Waals surface area contributed by atoms with Gasteiger partial charge in [0.25, 0.3) is 0 Å². The third kappa shape index (κ3) is 4.31. The fourth-order valence-electron chi connectivity index (χ4n) is 2.35. The minimum atomic E-state index is -1.26. The Balaban J connectivity index is 2.39. The summed E-state index contributed by atoms with van der Waals surface area (Å²) in [5.74, 6) is 0. The third-order valence-corrected chi connectivity index (χ3v) is 6.48. The van der Waals surface area contributed by atoms with E-state index < -0.39 is 16.4 Å². The minimum absolute atomic E-state index is 0.416. The molecule has 0 amide bonds. The van der Waals surface area contributed by atoms with E-state index in [0.29, 0.717) is 16.4 Å². The van der Waals surface area contributed by atoms with E-state index in [1.54, 1.807) is 0 Å². The molecule has 0 aliphatic carbocycles. The van der Waals surface area contributed by atoms with Gasteiger partial charge < -0.3 is 5.11 Å². The van der Waals surface area contributed by atoms with Gasteiger partial charge in [-0.25, -0.2) is 4.21 Å². The molecule has 0 unspecified atom stereocenters. The maximum absolute atomic E-state index is 12.9. The molecule has 0 bridgehead atoms. The van der Waals surface area contributed by atoms with Crippen molar-refractivity contribution in [2.75, 3.05) is 0 Å².